The lowest BCUT2D eigenvalue weighted by molar-refractivity contribution is -0.135. The number of alkyl halides is 1. The monoisotopic (exact) mass is 505 g/mol. The average Bonchev–Trinajstić information content (AvgIpc) is 2.74. The van der Waals surface area contributed by atoms with Crippen LogP contribution in [-0.4, -0.2) is 10.3 Å². The van der Waals surface area contributed by atoms with E-state index in [1.54, 1.807) is 0 Å². The molecule has 32 heavy (non-hydrogen) atoms. The van der Waals surface area contributed by atoms with Crippen molar-refractivity contribution in [2.45, 2.75) is 102 Å². The van der Waals surface area contributed by atoms with Gasteiger partial charge in [-0.1, -0.05) is 124 Å². The van der Waals surface area contributed by atoms with Crippen molar-refractivity contribution in [1.29, 1.82) is 0 Å². The fourth-order valence-electron chi connectivity index (χ4n) is 4.09. The Kier molecular flexibility index (Phi) is 13.8. The van der Waals surface area contributed by atoms with E-state index in [1.165, 1.54) is 64.2 Å². The summed E-state index contributed by atoms with van der Waals surface area (Å²) in [6.45, 7) is 6.63. The predicted molar refractivity (Wildman–Crippen MR) is 142 cm³/mol. The van der Waals surface area contributed by atoms with Gasteiger partial charge in [0.15, 0.2) is 0 Å². The molecule has 0 aliphatic rings. The number of carbonyl (C=O) groups excluding carboxylic acids is 1. The molecule has 0 fully saturated rings. The molecule has 3 N–H and O–H groups in total. The lowest BCUT2D eigenvalue weighted by Gasteiger charge is -2.29. The Labute approximate surface area is 204 Å². The minimum atomic E-state index is -0.236. The lowest BCUT2D eigenvalue weighted by Crippen LogP contribution is -2.30. The highest BCUT2D eigenvalue weighted by Crippen LogP contribution is 2.35. The molecule has 3 nitrogen and oxygen atoms in total. The fraction of sp³-hybridized carbons (Fsp3) is 0.607. The molecule has 2 aromatic rings. The minimum Gasteiger partial charge on any atom is -0.426 e. The zero-order valence-corrected chi connectivity index (χ0v) is 22.1. The third-order valence-corrected chi connectivity index (χ3v) is 7.52. The number of esters is 1. The van der Waals surface area contributed by atoms with E-state index in [0.717, 1.165) is 17.2 Å². The molecular weight excluding hydrogens is 462 g/mol. The van der Waals surface area contributed by atoms with Crippen LogP contribution >= 0.6 is 15.9 Å². The van der Waals surface area contributed by atoms with Gasteiger partial charge in [-0.25, -0.2) is 0 Å². The summed E-state index contributed by atoms with van der Waals surface area (Å²) in [5.74, 6) is 0.865. The van der Waals surface area contributed by atoms with E-state index in [4.69, 9.17) is 4.74 Å². The highest BCUT2D eigenvalue weighted by Gasteiger charge is 2.31. The molecule has 2 atom stereocenters. The molecule has 0 amide bonds. The van der Waals surface area contributed by atoms with Crippen LogP contribution < -0.4 is 10.9 Å². The second kappa shape index (κ2) is 15.4. The number of fused-ring (bicyclic) bond motifs is 1. The number of hydrogen-bond acceptors (Lipinski definition) is 3. The zero-order valence-electron chi connectivity index (χ0n) is 20.5. The third kappa shape index (κ3) is 10.5. The molecule has 0 saturated heterocycles. The van der Waals surface area contributed by atoms with Crippen LogP contribution in [0.5, 0.6) is 5.75 Å². The molecule has 0 bridgehead atoms. The molecule has 0 spiro atoms. The maximum Gasteiger partial charge on any atom is 0.312 e. The van der Waals surface area contributed by atoms with Gasteiger partial charge in [0.05, 0.1) is 6.42 Å². The summed E-state index contributed by atoms with van der Waals surface area (Å²) >= 11 is 3.82. The summed E-state index contributed by atoms with van der Waals surface area (Å²) in [6, 6.07) is 13.9. The number of benzene rings is 2. The topological polar surface area (TPSA) is 61.3 Å². The number of halogens is 1. The lowest BCUT2D eigenvalue weighted by atomic mass is 9.88. The van der Waals surface area contributed by atoms with Crippen LogP contribution in [0.2, 0.25) is 0 Å². The maximum absolute atomic E-state index is 12.6. The van der Waals surface area contributed by atoms with Crippen LogP contribution in [0.4, 0.5) is 0 Å². The SMILES string of the molecule is CCCCCCCCCCCCC(C)C(C)(Br)CC(=O)Oc1ccc2ccccc2c1.N. The fourth-order valence-corrected chi connectivity index (χ4v) is 4.55. The molecule has 0 heterocycles. The summed E-state index contributed by atoms with van der Waals surface area (Å²) in [7, 11) is 0. The van der Waals surface area contributed by atoms with E-state index in [-0.39, 0.29) is 16.4 Å². The standard InChI is InChI=1S/C28H41BrO2.H3N/c1-4-5-6-7-8-9-10-11-12-13-16-23(2)28(3,29)22-27(30)31-26-20-19-24-17-14-15-18-25(24)21-26;/h14-15,17-21,23H,4-13,16,22H2,1-3H3;1H3. The van der Waals surface area contributed by atoms with E-state index in [1.807, 2.05) is 36.4 Å². The number of hydrogen-bond donors (Lipinski definition) is 1. The van der Waals surface area contributed by atoms with Crippen LogP contribution in [0.15, 0.2) is 42.5 Å². The molecule has 180 valence electrons. The van der Waals surface area contributed by atoms with Crippen LogP contribution in [0.3, 0.4) is 0 Å². The second-order valence-electron chi connectivity index (χ2n) is 9.31. The van der Waals surface area contributed by atoms with E-state index in [0.29, 0.717) is 18.1 Å². The van der Waals surface area contributed by atoms with E-state index < -0.39 is 0 Å². The maximum atomic E-state index is 12.6. The summed E-state index contributed by atoms with van der Waals surface area (Å²) in [5.41, 5.74) is 0. The van der Waals surface area contributed by atoms with Gasteiger partial charge >= 0.3 is 5.97 Å². The van der Waals surface area contributed by atoms with Gasteiger partial charge < -0.3 is 10.9 Å². The molecular formula is C28H44BrNO2. The van der Waals surface area contributed by atoms with Crippen molar-refractivity contribution in [3.8, 4) is 5.75 Å². The number of carbonyl (C=O) groups is 1. The molecule has 0 aliphatic heterocycles. The first-order chi connectivity index (χ1) is 14.9. The smallest absolute Gasteiger partial charge is 0.312 e. The number of rotatable bonds is 15. The first-order valence-electron chi connectivity index (χ1n) is 12.3. The van der Waals surface area contributed by atoms with Crippen molar-refractivity contribution < 1.29 is 9.53 Å². The Morgan fingerprint density at radius 3 is 2.09 bits per heavy atom. The van der Waals surface area contributed by atoms with Gasteiger partial charge in [0, 0.05) is 4.32 Å². The zero-order chi connectivity index (χ0) is 22.5. The van der Waals surface area contributed by atoms with Gasteiger partial charge in [-0.2, -0.15) is 0 Å². The Bertz CT molecular complexity index is 790. The number of ether oxygens (including phenoxy) is 1. The van der Waals surface area contributed by atoms with Crippen LogP contribution in [0, 0.1) is 5.92 Å². The summed E-state index contributed by atoms with van der Waals surface area (Å²) in [5, 5.41) is 2.24. The Morgan fingerprint density at radius 2 is 1.47 bits per heavy atom. The molecule has 2 rings (SSSR count). The normalized spacial score (nSPS) is 13.9. The number of unbranched alkanes of at least 4 members (excludes halogenated alkanes) is 9. The first-order valence-corrected chi connectivity index (χ1v) is 13.1. The minimum absolute atomic E-state index is 0. The Hall–Kier alpha value is -1.39. The van der Waals surface area contributed by atoms with Crippen molar-refractivity contribution >= 4 is 32.7 Å². The Balaban J connectivity index is 0.00000512. The first kappa shape index (κ1) is 28.6. The molecule has 2 aromatic carbocycles. The van der Waals surface area contributed by atoms with E-state index >= 15 is 0 Å². The molecule has 0 aliphatic carbocycles. The second-order valence-corrected chi connectivity index (χ2v) is 11.1. The van der Waals surface area contributed by atoms with Gasteiger partial charge in [0.1, 0.15) is 5.75 Å². The third-order valence-electron chi connectivity index (χ3n) is 6.46. The van der Waals surface area contributed by atoms with Crippen molar-refractivity contribution in [3.05, 3.63) is 42.5 Å². The average molecular weight is 507 g/mol. The van der Waals surface area contributed by atoms with Gasteiger partial charge in [0.2, 0.25) is 0 Å². The quantitative estimate of drug-likeness (QED) is 0.113. The summed E-state index contributed by atoms with van der Waals surface area (Å²) in [4.78, 5) is 12.6. The van der Waals surface area contributed by atoms with Crippen LogP contribution in [0.1, 0.15) is 97.8 Å². The van der Waals surface area contributed by atoms with Gasteiger partial charge in [0.25, 0.3) is 0 Å². The van der Waals surface area contributed by atoms with Crippen molar-refractivity contribution in [3.63, 3.8) is 0 Å². The Morgan fingerprint density at radius 1 is 0.906 bits per heavy atom. The predicted octanol–water partition coefficient (Wildman–Crippen LogP) is 9.40. The van der Waals surface area contributed by atoms with Crippen molar-refractivity contribution in [2.24, 2.45) is 5.92 Å². The summed E-state index contributed by atoms with van der Waals surface area (Å²) in [6.07, 6.45) is 15.1. The highest BCUT2D eigenvalue weighted by molar-refractivity contribution is 9.10. The van der Waals surface area contributed by atoms with Crippen molar-refractivity contribution in [1.82, 2.24) is 6.15 Å². The molecule has 0 radical (unpaired) electrons. The molecule has 4 heteroatoms. The van der Waals surface area contributed by atoms with Crippen molar-refractivity contribution in [2.75, 3.05) is 0 Å². The van der Waals surface area contributed by atoms with E-state index in [2.05, 4.69) is 42.8 Å². The van der Waals surface area contributed by atoms with Crippen LogP contribution in [0.25, 0.3) is 10.8 Å². The van der Waals surface area contributed by atoms with E-state index in [9.17, 15) is 4.79 Å². The van der Waals surface area contributed by atoms with Gasteiger partial charge in [-0.3, -0.25) is 4.79 Å². The molecule has 0 saturated carbocycles. The molecule has 2 unspecified atom stereocenters. The van der Waals surface area contributed by atoms with Crippen LogP contribution in [-0.2, 0) is 4.79 Å². The summed E-state index contributed by atoms with van der Waals surface area (Å²) < 4.78 is 5.41. The van der Waals surface area contributed by atoms with Gasteiger partial charge in [-0.15, -0.1) is 0 Å². The molecule has 0 aromatic heterocycles. The van der Waals surface area contributed by atoms with Gasteiger partial charge in [-0.05, 0) is 42.2 Å². The largest absolute Gasteiger partial charge is 0.426 e. The highest BCUT2D eigenvalue weighted by atomic mass is 79.9.